The molecule has 1 aliphatic carbocycles. The fourth-order valence-corrected chi connectivity index (χ4v) is 6.67. The van der Waals surface area contributed by atoms with Crippen molar-refractivity contribution in [1.82, 2.24) is 29.9 Å². The zero-order valence-corrected chi connectivity index (χ0v) is 22.4. The zero-order valence-electron chi connectivity index (χ0n) is 20.7. The summed E-state index contributed by atoms with van der Waals surface area (Å²) >= 11 is 3.19. The molecule has 0 saturated heterocycles. The van der Waals surface area contributed by atoms with Gasteiger partial charge < -0.3 is 5.32 Å². The Hall–Kier alpha value is -2.65. The van der Waals surface area contributed by atoms with Gasteiger partial charge in [0.05, 0.1) is 22.0 Å². The number of rotatable bonds is 6. The number of nitrogens with one attached hydrogen (secondary N) is 1. The summed E-state index contributed by atoms with van der Waals surface area (Å²) in [6.07, 6.45) is 5.94. The van der Waals surface area contributed by atoms with Gasteiger partial charge in [-0.3, -0.25) is 9.36 Å². The van der Waals surface area contributed by atoms with E-state index in [0.29, 0.717) is 11.8 Å². The summed E-state index contributed by atoms with van der Waals surface area (Å²) in [7, 11) is 0. The molecule has 0 spiro atoms. The Morgan fingerprint density at radius 3 is 2.60 bits per heavy atom. The molecule has 3 heterocycles. The van der Waals surface area contributed by atoms with Gasteiger partial charge >= 0.3 is 0 Å². The quantitative estimate of drug-likeness (QED) is 0.315. The molecule has 184 valence electrons. The first-order valence-electron chi connectivity index (χ1n) is 12.2. The molecule has 0 atom stereocenters. The van der Waals surface area contributed by atoms with Crippen molar-refractivity contribution >= 4 is 39.2 Å². The Bertz CT molecular complexity index is 1330. The second kappa shape index (κ2) is 9.78. The molecule has 9 heteroatoms. The van der Waals surface area contributed by atoms with Gasteiger partial charge in [-0.15, -0.1) is 21.5 Å². The Morgan fingerprint density at radius 1 is 1.14 bits per heavy atom. The van der Waals surface area contributed by atoms with E-state index < -0.39 is 0 Å². The molecule has 1 amide bonds. The van der Waals surface area contributed by atoms with E-state index in [4.69, 9.17) is 5.10 Å². The molecule has 0 unspecified atom stereocenters. The zero-order chi connectivity index (χ0) is 24.6. The minimum atomic E-state index is -0.249. The number of benzene rings is 1. The number of fused-ring (bicyclic) bond motifs is 1. The molecular weight excluding hydrogens is 476 g/mol. The molecular formula is C26H32N6OS2. The number of para-hydroxylation sites is 1. The Kier molecular flexibility index (Phi) is 6.72. The van der Waals surface area contributed by atoms with Crippen LogP contribution in [-0.4, -0.2) is 41.7 Å². The number of carbonyl (C=O) groups is 1. The van der Waals surface area contributed by atoms with Crippen LogP contribution in [0.1, 0.15) is 64.6 Å². The molecule has 1 saturated carbocycles. The molecule has 1 aromatic carbocycles. The third-order valence-electron chi connectivity index (χ3n) is 6.22. The lowest BCUT2D eigenvalue weighted by Crippen LogP contribution is -2.41. The van der Waals surface area contributed by atoms with Crippen LogP contribution in [0.2, 0.25) is 0 Å². The minimum Gasteiger partial charge on any atom is -0.351 e. The van der Waals surface area contributed by atoms with E-state index in [1.807, 2.05) is 43.7 Å². The van der Waals surface area contributed by atoms with E-state index in [1.54, 1.807) is 11.3 Å². The number of carbonyl (C=O) groups excluding carboxylic acids is 1. The van der Waals surface area contributed by atoms with Gasteiger partial charge in [0.1, 0.15) is 4.83 Å². The summed E-state index contributed by atoms with van der Waals surface area (Å²) in [5, 5.41) is 19.0. The third kappa shape index (κ3) is 5.16. The topological polar surface area (TPSA) is 77.6 Å². The van der Waals surface area contributed by atoms with Crippen molar-refractivity contribution < 1.29 is 4.79 Å². The monoisotopic (exact) mass is 508 g/mol. The summed E-state index contributed by atoms with van der Waals surface area (Å²) in [6.45, 7) is 8.05. The number of aryl methyl sites for hydroxylation is 1. The van der Waals surface area contributed by atoms with E-state index in [-0.39, 0.29) is 11.4 Å². The number of hydrogen-bond donors (Lipinski definition) is 1. The average Bonchev–Trinajstić information content (AvgIpc) is 3.52. The van der Waals surface area contributed by atoms with Gasteiger partial charge in [-0.1, -0.05) is 49.2 Å². The Morgan fingerprint density at radius 2 is 1.89 bits per heavy atom. The SMILES string of the molecule is Cc1nn(-c2ccccc2)c2sc(-c3nnc(SCC(=O)NC(C)(C)C)n3C3CCCCC3)cc12. The van der Waals surface area contributed by atoms with Gasteiger partial charge in [0.15, 0.2) is 11.0 Å². The van der Waals surface area contributed by atoms with Crippen molar-refractivity contribution in [1.29, 1.82) is 0 Å². The molecule has 0 radical (unpaired) electrons. The van der Waals surface area contributed by atoms with Crippen LogP contribution in [0.4, 0.5) is 0 Å². The van der Waals surface area contributed by atoms with Crippen molar-refractivity contribution in [2.45, 2.75) is 76.5 Å². The summed E-state index contributed by atoms with van der Waals surface area (Å²) < 4.78 is 4.32. The van der Waals surface area contributed by atoms with Crippen LogP contribution in [-0.2, 0) is 4.79 Å². The van der Waals surface area contributed by atoms with Gasteiger partial charge in [-0.2, -0.15) is 5.10 Å². The predicted octanol–water partition coefficient (Wildman–Crippen LogP) is 6.17. The largest absolute Gasteiger partial charge is 0.351 e. The lowest BCUT2D eigenvalue weighted by Gasteiger charge is -2.25. The molecule has 4 aromatic rings. The van der Waals surface area contributed by atoms with Crippen molar-refractivity contribution in [2.75, 3.05) is 5.75 Å². The molecule has 3 aromatic heterocycles. The van der Waals surface area contributed by atoms with Crippen LogP contribution < -0.4 is 5.32 Å². The summed E-state index contributed by atoms with van der Waals surface area (Å²) in [5.74, 6) is 1.25. The maximum Gasteiger partial charge on any atom is 0.230 e. The highest BCUT2D eigenvalue weighted by Gasteiger charge is 2.26. The molecule has 35 heavy (non-hydrogen) atoms. The maximum atomic E-state index is 12.5. The van der Waals surface area contributed by atoms with Crippen molar-refractivity contribution in [3.8, 4) is 16.4 Å². The first kappa shape index (κ1) is 24.1. The molecule has 0 bridgehead atoms. The van der Waals surface area contributed by atoms with Crippen LogP contribution in [0, 0.1) is 6.92 Å². The molecule has 0 aliphatic heterocycles. The number of nitrogens with zero attached hydrogens (tertiary/aromatic N) is 5. The number of aromatic nitrogens is 5. The van der Waals surface area contributed by atoms with Crippen molar-refractivity contribution in [3.63, 3.8) is 0 Å². The minimum absolute atomic E-state index is 0.0164. The summed E-state index contributed by atoms with van der Waals surface area (Å²) in [5.41, 5.74) is 1.80. The highest BCUT2D eigenvalue weighted by Crippen LogP contribution is 2.40. The normalized spacial score (nSPS) is 15.1. The smallest absolute Gasteiger partial charge is 0.230 e. The molecule has 5 rings (SSSR count). The van der Waals surface area contributed by atoms with Crippen LogP contribution in [0.3, 0.4) is 0 Å². The second-order valence-corrected chi connectivity index (χ2v) is 12.2. The van der Waals surface area contributed by atoms with Crippen LogP contribution in [0.5, 0.6) is 0 Å². The third-order valence-corrected chi connectivity index (χ3v) is 8.27. The van der Waals surface area contributed by atoms with E-state index in [9.17, 15) is 4.79 Å². The van der Waals surface area contributed by atoms with E-state index in [1.165, 1.54) is 31.0 Å². The fraction of sp³-hybridized carbons (Fsp3) is 0.462. The van der Waals surface area contributed by atoms with Crippen molar-refractivity contribution in [3.05, 3.63) is 42.1 Å². The van der Waals surface area contributed by atoms with Gasteiger partial charge in [0, 0.05) is 17.0 Å². The lowest BCUT2D eigenvalue weighted by molar-refractivity contribution is -0.119. The Labute approximate surface area is 214 Å². The Balaban J connectivity index is 1.51. The first-order chi connectivity index (χ1) is 16.8. The van der Waals surface area contributed by atoms with E-state index >= 15 is 0 Å². The van der Waals surface area contributed by atoms with Crippen LogP contribution in [0.25, 0.3) is 26.6 Å². The number of hydrogen-bond acceptors (Lipinski definition) is 6. The predicted molar refractivity (Wildman–Crippen MR) is 143 cm³/mol. The summed E-state index contributed by atoms with van der Waals surface area (Å²) in [4.78, 5) is 14.7. The fourth-order valence-electron chi connectivity index (χ4n) is 4.70. The maximum absolute atomic E-state index is 12.5. The number of thioether (sulfide) groups is 1. The van der Waals surface area contributed by atoms with Gasteiger partial charge in [0.2, 0.25) is 5.91 Å². The highest BCUT2D eigenvalue weighted by atomic mass is 32.2. The molecule has 1 N–H and O–H groups in total. The second-order valence-electron chi connectivity index (χ2n) is 10.2. The average molecular weight is 509 g/mol. The molecule has 1 fully saturated rings. The molecule has 1 aliphatic rings. The number of amides is 1. The van der Waals surface area contributed by atoms with E-state index in [2.05, 4.69) is 45.2 Å². The lowest BCUT2D eigenvalue weighted by atomic mass is 9.95. The number of thiophene rings is 1. The van der Waals surface area contributed by atoms with E-state index in [0.717, 1.165) is 50.3 Å². The van der Waals surface area contributed by atoms with Crippen LogP contribution in [0.15, 0.2) is 41.6 Å². The van der Waals surface area contributed by atoms with Gasteiger partial charge in [-0.25, -0.2) is 4.68 Å². The highest BCUT2D eigenvalue weighted by molar-refractivity contribution is 7.99. The summed E-state index contributed by atoms with van der Waals surface area (Å²) in [6, 6.07) is 12.8. The standard InChI is InChI=1S/C26H32N6OS2/c1-17-20-15-21(35-24(20)32(30-17)19-13-9-6-10-14-19)23-28-29-25(31(23)18-11-7-5-8-12-18)34-16-22(33)27-26(2,3)4/h6,9-10,13-15,18H,5,7-8,11-12,16H2,1-4H3,(H,27,33). The van der Waals surface area contributed by atoms with Crippen LogP contribution >= 0.6 is 23.1 Å². The van der Waals surface area contributed by atoms with Gasteiger partial charge in [0.25, 0.3) is 0 Å². The first-order valence-corrected chi connectivity index (χ1v) is 14.0. The van der Waals surface area contributed by atoms with Crippen molar-refractivity contribution in [2.24, 2.45) is 0 Å². The van der Waals surface area contributed by atoms with Gasteiger partial charge in [-0.05, 0) is 58.7 Å². The molecule has 7 nitrogen and oxygen atoms in total.